The maximum Gasteiger partial charge on any atom is 0.344 e. The first-order valence-electron chi connectivity index (χ1n) is 5.37. The van der Waals surface area contributed by atoms with Crippen molar-refractivity contribution in [1.29, 1.82) is 0 Å². The molecule has 0 N–H and O–H groups in total. The molecule has 0 fully saturated rings. The second-order valence-electron chi connectivity index (χ2n) is 3.80. The Morgan fingerprint density at radius 2 is 2.00 bits per heavy atom. The molecule has 4 heteroatoms. The molecular weight excluding hydrogens is 331 g/mol. The largest absolute Gasteiger partial charge is 0.427 e. The second kappa shape index (κ2) is 5.44. The van der Waals surface area contributed by atoms with Crippen LogP contribution in [0.5, 0.6) is 0 Å². The van der Waals surface area contributed by atoms with Crippen LogP contribution >= 0.6 is 22.6 Å². The van der Waals surface area contributed by atoms with Crippen LogP contribution in [0.2, 0.25) is 0 Å². The van der Waals surface area contributed by atoms with Crippen molar-refractivity contribution in [2.24, 2.45) is 0 Å². The monoisotopic (exact) mass is 342 g/mol. The fourth-order valence-corrected chi connectivity index (χ4v) is 2.25. The van der Waals surface area contributed by atoms with Crippen LogP contribution in [-0.4, -0.2) is 11.8 Å². The van der Waals surface area contributed by atoms with E-state index in [1.54, 1.807) is 12.1 Å². The van der Waals surface area contributed by atoms with Crippen LogP contribution in [0, 0.1) is 3.57 Å². The van der Waals surface area contributed by atoms with Gasteiger partial charge in [0.2, 0.25) is 0 Å². The van der Waals surface area contributed by atoms with E-state index in [2.05, 4.69) is 22.6 Å². The third-order valence-corrected chi connectivity index (χ3v) is 3.43. The van der Waals surface area contributed by atoms with E-state index in [4.69, 9.17) is 4.74 Å². The van der Waals surface area contributed by atoms with Gasteiger partial charge in [0.05, 0.1) is 5.56 Å². The molecule has 0 heterocycles. The number of hydrogen-bond donors (Lipinski definition) is 0. The topological polar surface area (TPSA) is 43.4 Å². The zero-order valence-electron chi connectivity index (χ0n) is 9.11. The molecule has 1 aromatic rings. The molecule has 0 bridgehead atoms. The summed E-state index contributed by atoms with van der Waals surface area (Å²) in [4.78, 5) is 23.1. The minimum Gasteiger partial charge on any atom is -0.427 e. The number of rotatable bonds is 2. The van der Waals surface area contributed by atoms with Gasteiger partial charge >= 0.3 is 5.97 Å². The fraction of sp³-hybridized carbons (Fsp3) is 0.231. The Balaban J connectivity index is 2.12. The Labute approximate surface area is 113 Å². The molecule has 3 nitrogen and oxygen atoms in total. The highest BCUT2D eigenvalue weighted by Crippen LogP contribution is 2.19. The molecule has 0 amide bonds. The molecule has 0 atom stereocenters. The number of allylic oxidation sites excluding steroid dienone is 2. The molecule has 88 valence electrons. The summed E-state index contributed by atoms with van der Waals surface area (Å²) in [6.45, 7) is 0. The quantitative estimate of drug-likeness (QED) is 0.613. The summed E-state index contributed by atoms with van der Waals surface area (Å²) in [5.74, 6) is 0.115. The van der Waals surface area contributed by atoms with Crippen LogP contribution < -0.4 is 0 Å². The van der Waals surface area contributed by atoms with E-state index in [-0.39, 0.29) is 5.78 Å². The molecule has 0 radical (unpaired) electrons. The van der Waals surface area contributed by atoms with Gasteiger partial charge < -0.3 is 4.74 Å². The minimum atomic E-state index is -0.393. The predicted octanol–water partition coefficient (Wildman–Crippen LogP) is 3.08. The number of ketones is 1. The molecule has 0 aliphatic heterocycles. The standard InChI is InChI=1S/C13H11IO3/c14-12-7-2-1-6-11(12)13(16)17-10-5-3-4-9(15)8-10/h1-2,6-8H,3-5H2. The van der Waals surface area contributed by atoms with Crippen LogP contribution in [0.4, 0.5) is 0 Å². The van der Waals surface area contributed by atoms with Gasteiger partial charge in [0.15, 0.2) is 5.78 Å². The number of carbonyl (C=O) groups is 2. The predicted molar refractivity (Wildman–Crippen MR) is 71.5 cm³/mol. The molecule has 1 aromatic carbocycles. The van der Waals surface area contributed by atoms with Crippen molar-refractivity contribution in [3.63, 3.8) is 0 Å². The summed E-state index contributed by atoms with van der Waals surface area (Å²) in [7, 11) is 0. The summed E-state index contributed by atoms with van der Waals surface area (Å²) in [5, 5.41) is 0. The molecule has 17 heavy (non-hydrogen) atoms. The molecule has 0 saturated heterocycles. The van der Waals surface area contributed by atoms with Crippen molar-refractivity contribution < 1.29 is 14.3 Å². The van der Waals surface area contributed by atoms with Crippen LogP contribution in [0.15, 0.2) is 36.1 Å². The fourth-order valence-electron chi connectivity index (χ4n) is 1.64. The smallest absolute Gasteiger partial charge is 0.344 e. The van der Waals surface area contributed by atoms with E-state index in [1.807, 2.05) is 12.1 Å². The summed E-state index contributed by atoms with van der Waals surface area (Å²) in [6, 6.07) is 7.22. The third-order valence-electron chi connectivity index (χ3n) is 2.49. The van der Waals surface area contributed by atoms with E-state index in [1.165, 1.54) is 6.08 Å². The van der Waals surface area contributed by atoms with Crippen LogP contribution in [-0.2, 0) is 9.53 Å². The van der Waals surface area contributed by atoms with Crippen LogP contribution in [0.3, 0.4) is 0 Å². The number of esters is 1. The van der Waals surface area contributed by atoms with Gasteiger partial charge in [-0.05, 0) is 41.1 Å². The van der Waals surface area contributed by atoms with E-state index in [0.717, 1.165) is 9.99 Å². The average molecular weight is 342 g/mol. The molecule has 1 aliphatic carbocycles. The molecule has 0 unspecified atom stereocenters. The number of benzene rings is 1. The Kier molecular flexibility index (Phi) is 3.93. The van der Waals surface area contributed by atoms with Gasteiger partial charge in [-0.1, -0.05) is 12.1 Å². The van der Waals surface area contributed by atoms with Gasteiger partial charge in [0.1, 0.15) is 5.76 Å². The van der Waals surface area contributed by atoms with Crippen molar-refractivity contribution in [2.45, 2.75) is 19.3 Å². The van der Waals surface area contributed by atoms with E-state index >= 15 is 0 Å². The molecule has 0 spiro atoms. The van der Waals surface area contributed by atoms with E-state index in [9.17, 15) is 9.59 Å². The highest BCUT2D eigenvalue weighted by Gasteiger charge is 2.16. The first-order valence-corrected chi connectivity index (χ1v) is 6.45. The maximum atomic E-state index is 11.9. The Morgan fingerprint density at radius 3 is 2.71 bits per heavy atom. The average Bonchev–Trinajstić information content (AvgIpc) is 2.29. The lowest BCUT2D eigenvalue weighted by Gasteiger charge is -2.12. The summed E-state index contributed by atoms with van der Waals surface area (Å²) < 4.78 is 6.07. The van der Waals surface area contributed by atoms with Gasteiger partial charge in [-0.2, -0.15) is 0 Å². The van der Waals surface area contributed by atoms with Crippen molar-refractivity contribution in [3.8, 4) is 0 Å². The lowest BCUT2D eigenvalue weighted by molar-refractivity contribution is -0.115. The van der Waals surface area contributed by atoms with Crippen molar-refractivity contribution in [1.82, 2.24) is 0 Å². The van der Waals surface area contributed by atoms with Crippen molar-refractivity contribution >= 4 is 34.3 Å². The summed E-state index contributed by atoms with van der Waals surface area (Å²) in [6.07, 6.45) is 3.38. The first-order chi connectivity index (χ1) is 8.16. The molecule has 1 aliphatic rings. The van der Waals surface area contributed by atoms with E-state index < -0.39 is 5.97 Å². The van der Waals surface area contributed by atoms with Gasteiger partial charge in [0.25, 0.3) is 0 Å². The number of hydrogen-bond acceptors (Lipinski definition) is 3. The molecular formula is C13H11IO3. The maximum absolute atomic E-state index is 11.9. The van der Waals surface area contributed by atoms with Gasteiger partial charge in [-0.25, -0.2) is 4.79 Å². The van der Waals surface area contributed by atoms with Crippen molar-refractivity contribution in [2.75, 3.05) is 0 Å². The van der Waals surface area contributed by atoms with Crippen molar-refractivity contribution in [3.05, 3.63) is 45.2 Å². The number of halogens is 1. The Bertz CT molecular complexity index is 491. The lowest BCUT2D eigenvalue weighted by atomic mass is 10.1. The zero-order valence-corrected chi connectivity index (χ0v) is 11.3. The molecule has 0 saturated carbocycles. The molecule has 0 aromatic heterocycles. The minimum absolute atomic E-state index is 0.0295. The number of ether oxygens (including phenoxy) is 1. The zero-order chi connectivity index (χ0) is 12.3. The normalized spacial score (nSPS) is 15.4. The SMILES string of the molecule is O=C1C=C(OC(=O)c2ccccc2I)CCC1. The molecule has 2 rings (SSSR count). The number of carbonyl (C=O) groups excluding carboxylic acids is 2. The second-order valence-corrected chi connectivity index (χ2v) is 4.96. The van der Waals surface area contributed by atoms with Gasteiger partial charge in [0, 0.05) is 22.5 Å². The van der Waals surface area contributed by atoms with Gasteiger partial charge in [-0.15, -0.1) is 0 Å². The highest BCUT2D eigenvalue weighted by atomic mass is 127. The van der Waals surface area contributed by atoms with Crippen LogP contribution in [0.25, 0.3) is 0 Å². The third kappa shape index (κ3) is 3.15. The van der Waals surface area contributed by atoms with Crippen LogP contribution in [0.1, 0.15) is 29.6 Å². The summed E-state index contributed by atoms with van der Waals surface area (Å²) in [5.41, 5.74) is 0.534. The highest BCUT2D eigenvalue weighted by molar-refractivity contribution is 14.1. The Morgan fingerprint density at radius 1 is 1.24 bits per heavy atom. The van der Waals surface area contributed by atoms with Gasteiger partial charge in [-0.3, -0.25) is 4.79 Å². The first kappa shape index (κ1) is 12.3. The summed E-state index contributed by atoms with van der Waals surface area (Å²) >= 11 is 2.09. The lowest BCUT2D eigenvalue weighted by Crippen LogP contribution is -2.11. The van der Waals surface area contributed by atoms with E-state index in [0.29, 0.717) is 24.2 Å². The Hall–Kier alpha value is -1.17.